The molecule has 1 fully saturated rings. The first kappa shape index (κ1) is 17.7. The second kappa shape index (κ2) is 7.11. The molecule has 0 spiro atoms. The Morgan fingerprint density at radius 2 is 1.79 bits per heavy atom. The van der Waals surface area contributed by atoms with Crippen LogP contribution in [-0.2, 0) is 9.59 Å². The van der Waals surface area contributed by atoms with E-state index in [9.17, 15) is 14.4 Å². The highest BCUT2D eigenvalue weighted by atomic mass is 16.5. The number of amides is 1. The molecule has 3 aromatic rings. The second-order valence-electron chi connectivity index (χ2n) is 6.36. The van der Waals surface area contributed by atoms with Crippen molar-refractivity contribution in [3.8, 4) is 17.0 Å². The summed E-state index contributed by atoms with van der Waals surface area (Å²) in [5.74, 6) is -2.15. The zero-order valence-corrected chi connectivity index (χ0v) is 15.0. The van der Waals surface area contributed by atoms with Gasteiger partial charge in [-0.1, -0.05) is 17.3 Å². The van der Waals surface area contributed by atoms with Gasteiger partial charge in [-0.05, 0) is 36.4 Å². The van der Waals surface area contributed by atoms with E-state index in [1.54, 1.807) is 54.6 Å². The number of anilines is 1. The summed E-state index contributed by atoms with van der Waals surface area (Å²) in [6.07, 6.45) is 1.47. The maximum absolute atomic E-state index is 12.7. The van der Waals surface area contributed by atoms with E-state index in [2.05, 4.69) is 5.16 Å². The molecule has 1 aliphatic heterocycles. The highest BCUT2D eigenvalue weighted by Crippen LogP contribution is 2.28. The number of carbonyl (C=O) groups excluding carboxylic acids is 3. The molecule has 1 saturated heterocycles. The number of nitrogens with zero attached hydrogens (tertiary/aromatic N) is 2. The summed E-state index contributed by atoms with van der Waals surface area (Å²) in [5.41, 5.74) is 2.41. The van der Waals surface area contributed by atoms with Gasteiger partial charge in [-0.15, -0.1) is 0 Å². The summed E-state index contributed by atoms with van der Waals surface area (Å²) >= 11 is 0. The third kappa shape index (κ3) is 3.07. The number of carbonyl (C=O) groups is 3. The number of rotatable bonds is 5. The maximum atomic E-state index is 12.7. The Kier molecular flexibility index (Phi) is 4.49. The minimum atomic E-state index is -1.02. The molecule has 2 heterocycles. The average molecular weight is 376 g/mol. The SMILES string of the molecule is COc1ccc(C(=O)C2CN(c3ccc(-c4ccon4)cc3)C(=O)C2=O)cc1. The topological polar surface area (TPSA) is 89.7 Å². The quantitative estimate of drug-likeness (QED) is 0.386. The average Bonchev–Trinajstić information content (AvgIpc) is 3.37. The Labute approximate surface area is 160 Å². The molecular formula is C21H16N2O5. The number of benzene rings is 2. The molecule has 7 heteroatoms. The first-order valence-corrected chi connectivity index (χ1v) is 8.63. The van der Waals surface area contributed by atoms with E-state index in [4.69, 9.17) is 9.26 Å². The van der Waals surface area contributed by atoms with E-state index in [1.165, 1.54) is 18.3 Å². The van der Waals surface area contributed by atoms with Crippen LogP contribution in [0.2, 0.25) is 0 Å². The van der Waals surface area contributed by atoms with Gasteiger partial charge < -0.3 is 14.2 Å². The van der Waals surface area contributed by atoms with E-state index < -0.39 is 17.6 Å². The number of hydrogen-bond acceptors (Lipinski definition) is 6. The lowest BCUT2D eigenvalue weighted by Gasteiger charge is -2.15. The largest absolute Gasteiger partial charge is 0.497 e. The third-order valence-corrected chi connectivity index (χ3v) is 4.74. The lowest BCUT2D eigenvalue weighted by molar-refractivity contribution is -0.135. The fourth-order valence-corrected chi connectivity index (χ4v) is 3.19. The summed E-state index contributed by atoms with van der Waals surface area (Å²) < 4.78 is 9.90. The number of ketones is 2. The van der Waals surface area contributed by atoms with Crippen molar-refractivity contribution in [1.82, 2.24) is 5.16 Å². The van der Waals surface area contributed by atoms with Crippen molar-refractivity contribution in [1.29, 1.82) is 0 Å². The maximum Gasteiger partial charge on any atom is 0.295 e. The van der Waals surface area contributed by atoms with Crippen molar-refractivity contribution in [2.45, 2.75) is 0 Å². The van der Waals surface area contributed by atoms with Gasteiger partial charge in [-0.2, -0.15) is 0 Å². The molecule has 0 aliphatic carbocycles. The molecule has 0 radical (unpaired) electrons. The second-order valence-corrected chi connectivity index (χ2v) is 6.36. The fraction of sp³-hybridized carbons (Fsp3) is 0.143. The van der Waals surface area contributed by atoms with Gasteiger partial charge in [0.15, 0.2) is 5.78 Å². The smallest absolute Gasteiger partial charge is 0.295 e. The van der Waals surface area contributed by atoms with Crippen LogP contribution in [0, 0.1) is 5.92 Å². The Morgan fingerprint density at radius 3 is 2.39 bits per heavy atom. The van der Waals surface area contributed by atoms with Crippen LogP contribution in [0.3, 0.4) is 0 Å². The molecule has 0 bridgehead atoms. The van der Waals surface area contributed by atoms with E-state index >= 15 is 0 Å². The first-order chi connectivity index (χ1) is 13.6. The predicted molar refractivity (Wildman–Crippen MR) is 100 cm³/mol. The zero-order valence-electron chi connectivity index (χ0n) is 15.0. The van der Waals surface area contributed by atoms with Gasteiger partial charge in [0.1, 0.15) is 23.6 Å². The van der Waals surface area contributed by atoms with Crippen LogP contribution in [0.25, 0.3) is 11.3 Å². The highest BCUT2D eigenvalue weighted by molar-refractivity contribution is 6.48. The molecule has 2 aromatic carbocycles. The van der Waals surface area contributed by atoms with Gasteiger partial charge in [0, 0.05) is 29.4 Å². The molecule has 4 rings (SSSR count). The van der Waals surface area contributed by atoms with E-state index in [1.807, 2.05) is 0 Å². The predicted octanol–water partition coefficient (Wildman–Crippen LogP) is 2.77. The molecule has 1 atom stereocenters. The van der Waals surface area contributed by atoms with Crippen LogP contribution >= 0.6 is 0 Å². The van der Waals surface area contributed by atoms with Crippen molar-refractivity contribution in [2.75, 3.05) is 18.6 Å². The lowest BCUT2D eigenvalue weighted by atomic mass is 9.96. The Balaban J connectivity index is 1.54. The van der Waals surface area contributed by atoms with Crippen LogP contribution in [0.1, 0.15) is 10.4 Å². The lowest BCUT2D eigenvalue weighted by Crippen LogP contribution is -2.26. The number of ether oxygens (including phenoxy) is 1. The fourth-order valence-electron chi connectivity index (χ4n) is 3.19. The Morgan fingerprint density at radius 1 is 1.07 bits per heavy atom. The number of Topliss-reactive ketones (excluding diaryl/α,β-unsaturated/α-hetero) is 2. The summed E-state index contributed by atoms with van der Waals surface area (Å²) in [5, 5.41) is 3.86. The molecule has 1 aliphatic rings. The summed E-state index contributed by atoms with van der Waals surface area (Å²) in [6.45, 7) is 0.0197. The van der Waals surface area contributed by atoms with Crippen LogP contribution in [0.4, 0.5) is 5.69 Å². The Hall–Kier alpha value is -3.74. The standard InChI is InChI=1S/C21H16N2O5/c1-27-16-8-4-14(5-9-16)19(24)17-12-23(21(26)20(17)25)15-6-2-13(3-7-15)18-10-11-28-22-18/h2-11,17H,12H2,1H3. The van der Waals surface area contributed by atoms with Crippen LogP contribution in [0.5, 0.6) is 5.75 Å². The highest BCUT2D eigenvalue weighted by Gasteiger charge is 2.43. The van der Waals surface area contributed by atoms with Crippen molar-refractivity contribution in [3.05, 3.63) is 66.4 Å². The van der Waals surface area contributed by atoms with Crippen molar-refractivity contribution in [2.24, 2.45) is 5.92 Å². The summed E-state index contributed by atoms with van der Waals surface area (Å²) in [6, 6.07) is 15.2. The van der Waals surface area contributed by atoms with Crippen LogP contribution in [-0.4, -0.2) is 36.3 Å². The molecule has 1 aromatic heterocycles. The molecule has 28 heavy (non-hydrogen) atoms. The minimum Gasteiger partial charge on any atom is -0.497 e. The van der Waals surface area contributed by atoms with Gasteiger partial charge in [0.05, 0.1) is 7.11 Å². The van der Waals surface area contributed by atoms with E-state index in [0.717, 1.165) is 5.56 Å². The van der Waals surface area contributed by atoms with Crippen molar-refractivity contribution in [3.63, 3.8) is 0 Å². The number of aromatic nitrogens is 1. The van der Waals surface area contributed by atoms with E-state index in [0.29, 0.717) is 22.7 Å². The summed E-state index contributed by atoms with van der Waals surface area (Å²) in [4.78, 5) is 38.9. The molecule has 1 unspecified atom stereocenters. The minimum absolute atomic E-state index is 0.0197. The zero-order chi connectivity index (χ0) is 19.7. The van der Waals surface area contributed by atoms with Gasteiger partial charge >= 0.3 is 0 Å². The van der Waals surface area contributed by atoms with Gasteiger partial charge in [0.2, 0.25) is 5.78 Å². The monoisotopic (exact) mass is 376 g/mol. The van der Waals surface area contributed by atoms with Crippen molar-refractivity contribution >= 4 is 23.2 Å². The molecule has 140 valence electrons. The van der Waals surface area contributed by atoms with Crippen LogP contribution in [0.15, 0.2) is 65.4 Å². The number of hydrogen-bond donors (Lipinski definition) is 0. The Bertz CT molecular complexity index is 1020. The first-order valence-electron chi connectivity index (χ1n) is 8.63. The van der Waals surface area contributed by atoms with Gasteiger partial charge in [-0.3, -0.25) is 14.4 Å². The van der Waals surface area contributed by atoms with Gasteiger partial charge in [-0.25, -0.2) is 0 Å². The van der Waals surface area contributed by atoms with Gasteiger partial charge in [0.25, 0.3) is 5.91 Å². The molecule has 7 nitrogen and oxygen atoms in total. The third-order valence-electron chi connectivity index (χ3n) is 4.74. The van der Waals surface area contributed by atoms with Crippen molar-refractivity contribution < 1.29 is 23.6 Å². The normalized spacial score (nSPS) is 16.5. The molecular weight excluding hydrogens is 360 g/mol. The molecule has 0 saturated carbocycles. The summed E-state index contributed by atoms with van der Waals surface area (Å²) in [7, 11) is 1.53. The van der Waals surface area contributed by atoms with E-state index in [-0.39, 0.29) is 12.3 Å². The van der Waals surface area contributed by atoms with Crippen LogP contribution < -0.4 is 9.64 Å². The molecule has 1 amide bonds. The number of methoxy groups -OCH3 is 1. The molecule has 0 N–H and O–H groups in total.